The molecule has 0 bridgehead atoms. The SMILES string of the molecule is C[C@H]1[C@@H](c2nnnn2C)OC(=O)N1C. The third-order valence-electron chi connectivity index (χ3n) is 2.47. The van der Waals surface area contributed by atoms with Gasteiger partial charge in [0.05, 0.1) is 6.04 Å². The van der Waals surface area contributed by atoms with Gasteiger partial charge in [-0.15, -0.1) is 5.10 Å². The van der Waals surface area contributed by atoms with Gasteiger partial charge in [-0.3, -0.25) is 0 Å². The van der Waals surface area contributed by atoms with Crippen LogP contribution in [-0.4, -0.2) is 44.3 Å². The van der Waals surface area contributed by atoms with Gasteiger partial charge in [-0.2, -0.15) is 0 Å². The van der Waals surface area contributed by atoms with Gasteiger partial charge in [0.1, 0.15) is 0 Å². The summed E-state index contributed by atoms with van der Waals surface area (Å²) >= 11 is 0. The van der Waals surface area contributed by atoms with Crippen molar-refractivity contribution in [3.63, 3.8) is 0 Å². The third-order valence-corrected chi connectivity index (χ3v) is 2.47. The lowest BCUT2D eigenvalue weighted by Gasteiger charge is -2.14. The highest BCUT2D eigenvalue weighted by Gasteiger charge is 2.40. The lowest BCUT2D eigenvalue weighted by molar-refractivity contribution is 0.125. The molecule has 1 aliphatic heterocycles. The summed E-state index contributed by atoms with van der Waals surface area (Å²) in [5.74, 6) is 0.565. The standard InChI is InChI=1S/C7H11N5O2/c1-4-5(14-7(13)11(4)2)6-8-9-10-12(6)3/h4-5H,1-3H3/t4-,5-/m0/s1. The van der Waals surface area contributed by atoms with Gasteiger partial charge in [-0.05, 0) is 17.4 Å². The molecule has 1 fully saturated rings. The largest absolute Gasteiger partial charge is 0.436 e. The number of cyclic esters (lactones) is 1. The van der Waals surface area contributed by atoms with Crippen LogP contribution in [0.5, 0.6) is 0 Å². The second-order valence-electron chi connectivity index (χ2n) is 3.32. The van der Waals surface area contributed by atoms with E-state index in [0.717, 1.165) is 0 Å². The highest BCUT2D eigenvalue weighted by Crippen LogP contribution is 2.28. The molecular formula is C7H11N5O2. The number of carbonyl (C=O) groups excluding carboxylic acids is 1. The van der Waals surface area contributed by atoms with Crippen molar-refractivity contribution in [3.8, 4) is 0 Å². The first kappa shape index (κ1) is 8.92. The molecule has 0 aromatic carbocycles. The molecule has 0 radical (unpaired) electrons. The summed E-state index contributed by atoms with van der Waals surface area (Å²) in [4.78, 5) is 12.8. The lowest BCUT2D eigenvalue weighted by Crippen LogP contribution is -2.28. The Hall–Kier alpha value is -1.66. The maximum absolute atomic E-state index is 11.2. The van der Waals surface area contributed by atoms with E-state index in [4.69, 9.17) is 4.74 Å². The minimum absolute atomic E-state index is 0.0489. The van der Waals surface area contributed by atoms with E-state index in [-0.39, 0.29) is 18.2 Å². The topological polar surface area (TPSA) is 73.1 Å². The Morgan fingerprint density at radius 2 is 2.14 bits per heavy atom. The van der Waals surface area contributed by atoms with E-state index in [1.165, 1.54) is 9.58 Å². The smallest absolute Gasteiger partial charge is 0.410 e. The van der Waals surface area contributed by atoms with Crippen LogP contribution in [0.15, 0.2) is 0 Å². The van der Waals surface area contributed by atoms with Gasteiger partial charge in [0, 0.05) is 14.1 Å². The minimum Gasteiger partial charge on any atom is -0.436 e. The number of hydrogen-bond donors (Lipinski definition) is 0. The van der Waals surface area contributed by atoms with Crippen LogP contribution in [0.1, 0.15) is 18.9 Å². The number of hydrogen-bond acceptors (Lipinski definition) is 5. The highest BCUT2D eigenvalue weighted by atomic mass is 16.6. The normalized spacial score (nSPS) is 26.8. The third kappa shape index (κ3) is 1.12. The lowest BCUT2D eigenvalue weighted by atomic mass is 10.2. The predicted octanol–water partition coefficient (Wildman–Crippen LogP) is -0.278. The molecule has 0 spiro atoms. The molecule has 1 aromatic rings. The van der Waals surface area contributed by atoms with Crippen LogP contribution in [0.4, 0.5) is 4.79 Å². The first-order valence-corrected chi connectivity index (χ1v) is 4.27. The summed E-state index contributed by atoms with van der Waals surface area (Å²) in [7, 11) is 3.41. The molecule has 1 aromatic heterocycles. The number of aryl methyl sites for hydroxylation is 1. The summed E-state index contributed by atoms with van der Waals surface area (Å²) < 4.78 is 6.64. The van der Waals surface area contributed by atoms with Crippen LogP contribution in [0.25, 0.3) is 0 Å². The summed E-state index contributed by atoms with van der Waals surface area (Å²) in [6.07, 6.45) is -0.724. The molecular weight excluding hydrogens is 186 g/mol. The molecule has 14 heavy (non-hydrogen) atoms. The van der Waals surface area contributed by atoms with E-state index < -0.39 is 0 Å². The quantitative estimate of drug-likeness (QED) is 0.619. The van der Waals surface area contributed by atoms with Crippen LogP contribution < -0.4 is 0 Å². The van der Waals surface area contributed by atoms with E-state index >= 15 is 0 Å². The van der Waals surface area contributed by atoms with Gasteiger partial charge in [0.2, 0.25) is 0 Å². The number of ether oxygens (including phenoxy) is 1. The van der Waals surface area contributed by atoms with Crippen molar-refractivity contribution in [3.05, 3.63) is 5.82 Å². The Bertz CT molecular complexity index is 363. The van der Waals surface area contributed by atoms with Gasteiger partial charge in [0.15, 0.2) is 11.9 Å². The molecule has 76 valence electrons. The molecule has 0 N–H and O–H groups in total. The van der Waals surface area contributed by atoms with Crippen molar-refractivity contribution in [2.75, 3.05) is 7.05 Å². The number of nitrogens with zero attached hydrogens (tertiary/aromatic N) is 5. The van der Waals surface area contributed by atoms with Crippen LogP contribution in [0.2, 0.25) is 0 Å². The van der Waals surface area contributed by atoms with Gasteiger partial charge < -0.3 is 9.64 Å². The van der Waals surface area contributed by atoms with Crippen LogP contribution in [-0.2, 0) is 11.8 Å². The number of rotatable bonds is 1. The van der Waals surface area contributed by atoms with Crippen molar-refractivity contribution >= 4 is 6.09 Å². The van der Waals surface area contributed by atoms with Crippen molar-refractivity contribution < 1.29 is 9.53 Å². The Balaban J connectivity index is 2.30. The van der Waals surface area contributed by atoms with E-state index in [9.17, 15) is 4.79 Å². The zero-order chi connectivity index (χ0) is 10.3. The molecule has 7 heteroatoms. The molecule has 1 aliphatic rings. The first-order chi connectivity index (χ1) is 6.61. The van der Waals surface area contributed by atoms with Crippen LogP contribution in [0.3, 0.4) is 0 Å². The monoisotopic (exact) mass is 197 g/mol. The molecule has 0 aliphatic carbocycles. The predicted molar refractivity (Wildman–Crippen MR) is 45.2 cm³/mol. The summed E-state index contributed by atoms with van der Waals surface area (Å²) in [5, 5.41) is 11.0. The number of carbonyl (C=O) groups is 1. The molecule has 2 heterocycles. The number of aromatic nitrogens is 4. The number of tetrazole rings is 1. The fourth-order valence-electron chi connectivity index (χ4n) is 1.41. The highest BCUT2D eigenvalue weighted by molar-refractivity contribution is 5.70. The van der Waals surface area contributed by atoms with Gasteiger partial charge in [0.25, 0.3) is 0 Å². The average Bonchev–Trinajstić information content (AvgIpc) is 2.66. The number of amides is 1. The maximum Gasteiger partial charge on any atom is 0.410 e. The van der Waals surface area contributed by atoms with Gasteiger partial charge in [-0.1, -0.05) is 0 Å². The molecule has 0 saturated carbocycles. The minimum atomic E-state index is -0.382. The van der Waals surface area contributed by atoms with E-state index in [1.807, 2.05) is 6.92 Å². The Labute approximate surface area is 80.6 Å². The molecule has 2 atom stereocenters. The molecule has 7 nitrogen and oxygen atoms in total. The molecule has 1 saturated heterocycles. The Kier molecular flexibility index (Phi) is 1.87. The van der Waals surface area contributed by atoms with Crippen LogP contribution >= 0.6 is 0 Å². The summed E-state index contributed by atoms with van der Waals surface area (Å²) in [6, 6.07) is -0.0489. The molecule has 1 amide bonds. The first-order valence-electron chi connectivity index (χ1n) is 4.27. The van der Waals surface area contributed by atoms with Crippen molar-refractivity contribution in [2.45, 2.75) is 19.1 Å². The van der Waals surface area contributed by atoms with E-state index in [2.05, 4.69) is 15.5 Å². The average molecular weight is 197 g/mol. The van der Waals surface area contributed by atoms with Crippen molar-refractivity contribution in [2.24, 2.45) is 7.05 Å². The zero-order valence-electron chi connectivity index (χ0n) is 8.21. The van der Waals surface area contributed by atoms with Crippen molar-refractivity contribution in [1.82, 2.24) is 25.1 Å². The fourth-order valence-corrected chi connectivity index (χ4v) is 1.41. The van der Waals surface area contributed by atoms with Gasteiger partial charge >= 0.3 is 6.09 Å². The molecule has 0 unspecified atom stereocenters. The second-order valence-corrected chi connectivity index (χ2v) is 3.32. The van der Waals surface area contributed by atoms with Crippen LogP contribution in [0, 0.1) is 0 Å². The molecule has 2 rings (SSSR count). The summed E-state index contributed by atoms with van der Waals surface area (Å²) in [6.45, 7) is 1.89. The Morgan fingerprint density at radius 3 is 2.57 bits per heavy atom. The maximum atomic E-state index is 11.2. The van der Waals surface area contributed by atoms with E-state index in [1.54, 1.807) is 14.1 Å². The fraction of sp³-hybridized carbons (Fsp3) is 0.714. The van der Waals surface area contributed by atoms with Gasteiger partial charge in [-0.25, -0.2) is 9.48 Å². The number of likely N-dealkylation sites (N-methyl/N-ethyl adjacent to an activating group) is 1. The summed E-state index contributed by atoms with van der Waals surface area (Å²) in [5.41, 5.74) is 0. The zero-order valence-corrected chi connectivity index (χ0v) is 8.21. The second kappa shape index (κ2) is 2.93. The Morgan fingerprint density at radius 1 is 1.43 bits per heavy atom. The van der Waals surface area contributed by atoms with E-state index in [0.29, 0.717) is 5.82 Å². The van der Waals surface area contributed by atoms with Crippen molar-refractivity contribution in [1.29, 1.82) is 0 Å².